The zero-order valence-electron chi connectivity index (χ0n) is 16.0. The second-order valence-electron chi connectivity index (χ2n) is 7.04. The lowest BCUT2D eigenvalue weighted by Gasteiger charge is -2.07. The molecule has 1 unspecified atom stereocenters. The van der Waals surface area contributed by atoms with E-state index in [1.807, 2.05) is 54.6 Å². The van der Waals surface area contributed by atoms with Crippen molar-refractivity contribution in [3.63, 3.8) is 0 Å². The van der Waals surface area contributed by atoms with Crippen LogP contribution in [0.5, 0.6) is 0 Å². The number of ether oxygens (including phenoxy) is 1. The molecule has 2 nitrogen and oxygen atoms in total. The second kappa shape index (κ2) is 8.68. The number of carbonyl (C=O) groups excluding carboxylic acids is 1. The van der Waals surface area contributed by atoms with E-state index in [9.17, 15) is 4.79 Å². The van der Waals surface area contributed by atoms with Gasteiger partial charge in [0, 0.05) is 20.1 Å². The molecule has 0 saturated carbocycles. The van der Waals surface area contributed by atoms with Gasteiger partial charge in [-0.1, -0.05) is 86.5 Å². The molecule has 0 fully saturated rings. The van der Waals surface area contributed by atoms with E-state index in [1.54, 1.807) is 7.11 Å². The minimum Gasteiger partial charge on any atom is -0.496 e. The number of halogens is 2. The summed E-state index contributed by atoms with van der Waals surface area (Å²) >= 11 is 7.04. The van der Waals surface area contributed by atoms with Crippen molar-refractivity contribution in [2.75, 3.05) is 7.11 Å². The van der Waals surface area contributed by atoms with Crippen molar-refractivity contribution in [3.8, 4) is 0 Å². The standard InChI is InChI=1S/C15H11BrO.C10H9BrO/c16-14-8-4-7-11-13(14)9-12(15(11)17)10-5-2-1-3-6-10;1-12-10-6-5-7-8(10)3-2-4-9(7)11/h1-8,12H,9H2;2-4,6H,5H2,1H3. The average Bonchev–Trinajstić information content (AvgIpc) is 3.32. The molecular formula is C25H20Br2O2. The van der Waals surface area contributed by atoms with Crippen LogP contribution in [0, 0.1) is 0 Å². The number of rotatable bonds is 2. The van der Waals surface area contributed by atoms with Crippen molar-refractivity contribution in [3.05, 3.63) is 110 Å². The normalized spacial score (nSPS) is 16.4. The number of fused-ring (bicyclic) bond motifs is 2. The minimum atomic E-state index is -0.00935. The largest absolute Gasteiger partial charge is 0.496 e. The molecule has 0 amide bonds. The van der Waals surface area contributed by atoms with E-state index in [2.05, 4.69) is 50.1 Å². The Kier molecular flexibility index (Phi) is 6.02. The number of benzene rings is 3. The molecule has 146 valence electrons. The van der Waals surface area contributed by atoms with Gasteiger partial charge in [-0.05, 0) is 47.7 Å². The lowest BCUT2D eigenvalue weighted by molar-refractivity contribution is 0.0973. The van der Waals surface area contributed by atoms with Crippen LogP contribution in [0.15, 0.2) is 81.8 Å². The molecule has 4 heteroatoms. The average molecular weight is 512 g/mol. The van der Waals surface area contributed by atoms with Gasteiger partial charge < -0.3 is 4.74 Å². The third kappa shape index (κ3) is 3.96. The third-order valence-electron chi connectivity index (χ3n) is 5.41. The quantitative estimate of drug-likeness (QED) is 0.371. The number of Topliss-reactive ketones (excluding diaryl/α,β-unsaturated/α-hetero) is 1. The lowest BCUT2D eigenvalue weighted by Crippen LogP contribution is -2.06. The van der Waals surface area contributed by atoms with Gasteiger partial charge in [-0.2, -0.15) is 0 Å². The summed E-state index contributed by atoms with van der Waals surface area (Å²) in [6.45, 7) is 0. The maximum atomic E-state index is 12.3. The fraction of sp³-hybridized carbons (Fsp3) is 0.160. The highest BCUT2D eigenvalue weighted by molar-refractivity contribution is 9.10. The van der Waals surface area contributed by atoms with Crippen LogP contribution in [0.3, 0.4) is 0 Å². The molecule has 3 aromatic rings. The Morgan fingerprint density at radius 2 is 1.48 bits per heavy atom. The van der Waals surface area contributed by atoms with Crippen LogP contribution in [0.4, 0.5) is 0 Å². The van der Waals surface area contributed by atoms with E-state index in [1.165, 1.54) is 15.6 Å². The van der Waals surface area contributed by atoms with E-state index in [0.717, 1.165) is 39.8 Å². The van der Waals surface area contributed by atoms with E-state index >= 15 is 0 Å². The van der Waals surface area contributed by atoms with Gasteiger partial charge in [0.05, 0.1) is 13.0 Å². The third-order valence-corrected chi connectivity index (χ3v) is 6.89. The summed E-state index contributed by atoms with van der Waals surface area (Å²) in [5.41, 5.74) is 5.67. The molecular weight excluding hydrogens is 492 g/mol. The minimum absolute atomic E-state index is 0.00935. The highest BCUT2D eigenvalue weighted by atomic mass is 79.9. The van der Waals surface area contributed by atoms with Crippen LogP contribution in [0.1, 0.15) is 38.5 Å². The molecule has 0 saturated heterocycles. The Balaban J connectivity index is 0.000000150. The zero-order valence-corrected chi connectivity index (χ0v) is 19.2. The Bertz CT molecular complexity index is 1090. The van der Waals surface area contributed by atoms with Crippen molar-refractivity contribution in [2.45, 2.75) is 18.8 Å². The Morgan fingerprint density at radius 1 is 0.828 bits per heavy atom. The highest BCUT2D eigenvalue weighted by Gasteiger charge is 2.32. The zero-order chi connectivity index (χ0) is 20.4. The molecule has 29 heavy (non-hydrogen) atoms. The molecule has 5 rings (SSSR count). The molecule has 0 radical (unpaired) electrons. The first-order valence-electron chi connectivity index (χ1n) is 9.48. The Labute approximate surface area is 187 Å². The number of carbonyl (C=O) groups is 1. The molecule has 0 N–H and O–H groups in total. The van der Waals surface area contributed by atoms with Gasteiger partial charge in [0.15, 0.2) is 5.78 Å². The molecule has 0 aliphatic heterocycles. The number of methoxy groups -OCH3 is 1. The first-order chi connectivity index (χ1) is 14.1. The van der Waals surface area contributed by atoms with E-state index in [-0.39, 0.29) is 11.7 Å². The lowest BCUT2D eigenvalue weighted by atomic mass is 9.95. The fourth-order valence-electron chi connectivity index (χ4n) is 3.93. The molecule has 3 aromatic carbocycles. The fourth-order valence-corrected chi connectivity index (χ4v) is 4.99. The molecule has 0 aromatic heterocycles. The van der Waals surface area contributed by atoms with Crippen molar-refractivity contribution in [2.24, 2.45) is 0 Å². The van der Waals surface area contributed by atoms with Gasteiger partial charge in [0.2, 0.25) is 0 Å². The predicted molar refractivity (Wildman–Crippen MR) is 124 cm³/mol. The van der Waals surface area contributed by atoms with Gasteiger partial charge in [0.1, 0.15) is 5.76 Å². The maximum absolute atomic E-state index is 12.3. The Hall–Kier alpha value is -2.17. The van der Waals surface area contributed by atoms with Crippen LogP contribution in [0.2, 0.25) is 0 Å². The van der Waals surface area contributed by atoms with Crippen LogP contribution >= 0.6 is 31.9 Å². The van der Waals surface area contributed by atoms with Crippen molar-refractivity contribution >= 4 is 43.4 Å². The summed E-state index contributed by atoms with van der Waals surface area (Å²) in [6, 6.07) is 22.0. The summed E-state index contributed by atoms with van der Waals surface area (Å²) in [5.74, 6) is 1.23. The highest BCUT2D eigenvalue weighted by Crippen LogP contribution is 2.37. The first kappa shape index (κ1) is 20.1. The summed E-state index contributed by atoms with van der Waals surface area (Å²) in [6.07, 6.45) is 3.88. The summed E-state index contributed by atoms with van der Waals surface area (Å²) in [7, 11) is 1.71. The van der Waals surface area contributed by atoms with Gasteiger partial charge in [-0.3, -0.25) is 4.79 Å². The topological polar surface area (TPSA) is 26.3 Å². The predicted octanol–water partition coefficient (Wildman–Crippen LogP) is 6.96. The van der Waals surface area contributed by atoms with Crippen molar-refractivity contribution < 1.29 is 9.53 Å². The molecule has 0 bridgehead atoms. The Morgan fingerprint density at radius 3 is 2.14 bits per heavy atom. The molecule has 0 spiro atoms. The second-order valence-corrected chi connectivity index (χ2v) is 8.75. The van der Waals surface area contributed by atoms with Gasteiger partial charge in [-0.25, -0.2) is 0 Å². The number of hydrogen-bond acceptors (Lipinski definition) is 2. The maximum Gasteiger partial charge on any atom is 0.170 e. The number of ketones is 1. The van der Waals surface area contributed by atoms with Crippen LogP contribution in [0.25, 0.3) is 5.76 Å². The van der Waals surface area contributed by atoms with Gasteiger partial charge in [-0.15, -0.1) is 0 Å². The molecule has 2 aliphatic rings. The molecule has 1 atom stereocenters. The summed E-state index contributed by atoms with van der Waals surface area (Å²) in [4.78, 5) is 12.3. The van der Waals surface area contributed by atoms with Crippen molar-refractivity contribution in [1.29, 1.82) is 0 Å². The molecule has 0 heterocycles. The first-order valence-corrected chi connectivity index (χ1v) is 11.1. The van der Waals surface area contributed by atoms with Gasteiger partial charge in [0.25, 0.3) is 0 Å². The van der Waals surface area contributed by atoms with E-state index in [0.29, 0.717) is 0 Å². The monoisotopic (exact) mass is 510 g/mol. The number of hydrogen-bond donors (Lipinski definition) is 0. The molecule has 2 aliphatic carbocycles. The smallest absolute Gasteiger partial charge is 0.170 e. The van der Waals surface area contributed by atoms with Crippen LogP contribution in [-0.4, -0.2) is 12.9 Å². The van der Waals surface area contributed by atoms with E-state index < -0.39 is 0 Å². The van der Waals surface area contributed by atoms with Crippen molar-refractivity contribution in [1.82, 2.24) is 0 Å². The van der Waals surface area contributed by atoms with E-state index in [4.69, 9.17) is 4.74 Å². The summed E-state index contributed by atoms with van der Waals surface area (Å²) < 4.78 is 7.45. The summed E-state index contributed by atoms with van der Waals surface area (Å²) in [5, 5.41) is 0. The number of allylic oxidation sites excluding steroid dienone is 1. The van der Waals surface area contributed by atoms with Crippen LogP contribution < -0.4 is 0 Å². The van der Waals surface area contributed by atoms with Gasteiger partial charge >= 0.3 is 0 Å². The SMILES string of the molecule is COC1=CCc2c(Br)cccc21.O=C1c2cccc(Br)c2CC1c1ccccc1. The van der Waals surface area contributed by atoms with Crippen LogP contribution in [-0.2, 0) is 17.6 Å².